The lowest BCUT2D eigenvalue weighted by atomic mass is 9.94. The van der Waals surface area contributed by atoms with Gasteiger partial charge < -0.3 is 0 Å². The summed E-state index contributed by atoms with van der Waals surface area (Å²) in [5.74, 6) is 0.369. The maximum atomic E-state index is 13.1. The molecule has 0 aromatic heterocycles. The first-order valence-electron chi connectivity index (χ1n) is 4.41. The zero-order chi connectivity index (χ0) is 9.14. The lowest BCUT2D eigenvalue weighted by Crippen LogP contribution is -1.96. The summed E-state index contributed by atoms with van der Waals surface area (Å²) in [6.45, 7) is 6.09. The maximum absolute atomic E-state index is 13.1. The van der Waals surface area contributed by atoms with Gasteiger partial charge in [0.2, 0.25) is 0 Å². The van der Waals surface area contributed by atoms with E-state index in [1.165, 1.54) is 6.07 Å². The summed E-state index contributed by atoms with van der Waals surface area (Å²) in [5, 5.41) is 0. The predicted molar refractivity (Wildman–Crippen MR) is 49.8 cm³/mol. The monoisotopic (exact) mass is 166 g/mol. The smallest absolute Gasteiger partial charge is 0.126 e. The van der Waals surface area contributed by atoms with Gasteiger partial charge in [0, 0.05) is 0 Å². The van der Waals surface area contributed by atoms with E-state index in [0.717, 1.165) is 17.5 Å². The Bertz CT molecular complexity index is 266. The van der Waals surface area contributed by atoms with Crippen molar-refractivity contribution >= 4 is 0 Å². The second kappa shape index (κ2) is 3.70. The molecule has 0 radical (unpaired) electrons. The topological polar surface area (TPSA) is 0 Å². The summed E-state index contributed by atoms with van der Waals surface area (Å²) < 4.78 is 13.1. The zero-order valence-corrected chi connectivity index (χ0v) is 7.89. The van der Waals surface area contributed by atoms with Crippen molar-refractivity contribution in [2.24, 2.45) is 0 Å². The van der Waals surface area contributed by atoms with Crippen molar-refractivity contribution in [2.75, 3.05) is 0 Å². The highest BCUT2D eigenvalue weighted by Gasteiger charge is 2.08. The molecule has 0 aliphatic carbocycles. The van der Waals surface area contributed by atoms with E-state index in [0.29, 0.717) is 5.92 Å². The van der Waals surface area contributed by atoms with Crippen LogP contribution in [0.5, 0.6) is 0 Å². The van der Waals surface area contributed by atoms with Gasteiger partial charge in [-0.05, 0) is 36.5 Å². The fraction of sp³-hybridized carbons (Fsp3) is 0.455. The minimum Gasteiger partial charge on any atom is -0.207 e. The molecule has 0 bridgehead atoms. The van der Waals surface area contributed by atoms with Crippen LogP contribution in [0.2, 0.25) is 0 Å². The van der Waals surface area contributed by atoms with Gasteiger partial charge in [-0.2, -0.15) is 0 Å². The van der Waals surface area contributed by atoms with Crippen LogP contribution in [0.1, 0.15) is 37.3 Å². The highest BCUT2D eigenvalue weighted by atomic mass is 19.1. The molecule has 1 atom stereocenters. The third-order valence-electron chi connectivity index (χ3n) is 2.45. The highest BCUT2D eigenvalue weighted by molar-refractivity contribution is 5.29. The third kappa shape index (κ3) is 1.66. The number of hydrogen-bond donors (Lipinski definition) is 0. The van der Waals surface area contributed by atoms with Gasteiger partial charge in [0.05, 0.1) is 0 Å². The molecular formula is C11H15F. The van der Waals surface area contributed by atoms with Crippen molar-refractivity contribution in [3.05, 3.63) is 35.1 Å². The Morgan fingerprint density at radius 3 is 2.67 bits per heavy atom. The van der Waals surface area contributed by atoms with Crippen molar-refractivity contribution in [1.29, 1.82) is 0 Å². The fourth-order valence-corrected chi connectivity index (χ4v) is 1.38. The molecule has 0 saturated carbocycles. The number of rotatable bonds is 2. The van der Waals surface area contributed by atoms with Crippen LogP contribution in [0.3, 0.4) is 0 Å². The molecule has 12 heavy (non-hydrogen) atoms. The molecule has 1 aromatic rings. The Morgan fingerprint density at radius 2 is 2.08 bits per heavy atom. The molecule has 1 rings (SSSR count). The zero-order valence-electron chi connectivity index (χ0n) is 7.89. The van der Waals surface area contributed by atoms with Gasteiger partial charge in [-0.1, -0.05) is 26.0 Å². The highest BCUT2D eigenvalue weighted by Crippen LogP contribution is 2.23. The van der Waals surface area contributed by atoms with Gasteiger partial charge in [0.25, 0.3) is 0 Å². The van der Waals surface area contributed by atoms with E-state index in [1.54, 1.807) is 6.07 Å². The normalized spacial score (nSPS) is 13.0. The van der Waals surface area contributed by atoms with Crippen molar-refractivity contribution < 1.29 is 4.39 Å². The SMILES string of the molecule is CC[C@@H](C)c1cccc(F)c1C. The van der Waals surface area contributed by atoms with Gasteiger partial charge in [-0.3, -0.25) is 0 Å². The molecular weight excluding hydrogens is 151 g/mol. The first-order chi connectivity index (χ1) is 5.66. The molecule has 1 aromatic carbocycles. The Labute approximate surface area is 73.4 Å². The molecule has 0 aliphatic heterocycles. The largest absolute Gasteiger partial charge is 0.207 e. The molecule has 0 heterocycles. The van der Waals surface area contributed by atoms with E-state index in [9.17, 15) is 4.39 Å². The van der Waals surface area contributed by atoms with Crippen LogP contribution >= 0.6 is 0 Å². The summed E-state index contributed by atoms with van der Waals surface area (Å²) in [6, 6.07) is 5.30. The fourth-order valence-electron chi connectivity index (χ4n) is 1.38. The van der Waals surface area contributed by atoms with Gasteiger partial charge in [0.1, 0.15) is 5.82 Å². The maximum Gasteiger partial charge on any atom is 0.126 e. The predicted octanol–water partition coefficient (Wildman–Crippen LogP) is 3.65. The van der Waals surface area contributed by atoms with Crippen LogP contribution in [-0.4, -0.2) is 0 Å². The lowest BCUT2D eigenvalue weighted by molar-refractivity contribution is 0.608. The molecule has 0 fully saturated rings. The van der Waals surface area contributed by atoms with Crippen LogP contribution in [-0.2, 0) is 0 Å². The summed E-state index contributed by atoms with van der Waals surface area (Å²) in [4.78, 5) is 0. The first kappa shape index (κ1) is 9.24. The molecule has 0 nitrogen and oxygen atoms in total. The quantitative estimate of drug-likeness (QED) is 0.629. The van der Waals surface area contributed by atoms with E-state index in [4.69, 9.17) is 0 Å². The first-order valence-corrected chi connectivity index (χ1v) is 4.41. The summed E-state index contributed by atoms with van der Waals surface area (Å²) in [5.41, 5.74) is 1.93. The van der Waals surface area contributed by atoms with Gasteiger partial charge in [-0.25, -0.2) is 4.39 Å². The average molecular weight is 166 g/mol. The molecule has 0 aliphatic rings. The number of hydrogen-bond acceptors (Lipinski definition) is 0. The Balaban J connectivity index is 3.07. The van der Waals surface area contributed by atoms with E-state index in [2.05, 4.69) is 13.8 Å². The Kier molecular flexibility index (Phi) is 2.85. The minimum atomic E-state index is -0.0900. The average Bonchev–Trinajstić information content (AvgIpc) is 2.08. The van der Waals surface area contributed by atoms with E-state index < -0.39 is 0 Å². The van der Waals surface area contributed by atoms with Gasteiger partial charge in [0.15, 0.2) is 0 Å². The molecule has 0 saturated heterocycles. The van der Waals surface area contributed by atoms with Crippen LogP contribution in [0, 0.1) is 12.7 Å². The molecule has 0 unspecified atom stereocenters. The van der Waals surface area contributed by atoms with E-state index in [-0.39, 0.29) is 5.82 Å². The molecule has 1 heteroatoms. The summed E-state index contributed by atoms with van der Waals surface area (Å²) >= 11 is 0. The van der Waals surface area contributed by atoms with Crippen molar-refractivity contribution in [1.82, 2.24) is 0 Å². The summed E-state index contributed by atoms with van der Waals surface area (Å²) in [6.07, 6.45) is 1.06. The van der Waals surface area contributed by atoms with Crippen molar-refractivity contribution in [3.63, 3.8) is 0 Å². The van der Waals surface area contributed by atoms with Crippen LogP contribution < -0.4 is 0 Å². The number of benzene rings is 1. The van der Waals surface area contributed by atoms with Crippen LogP contribution in [0.15, 0.2) is 18.2 Å². The molecule has 0 N–H and O–H groups in total. The van der Waals surface area contributed by atoms with E-state index >= 15 is 0 Å². The summed E-state index contributed by atoms with van der Waals surface area (Å²) in [7, 11) is 0. The molecule has 0 spiro atoms. The van der Waals surface area contributed by atoms with Gasteiger partial charge in [-0.15, -0.1) is 0 Å². The van der Waals surface area contributed by atoms with Crippen LogP contribution in [0.4, 0.5) is 4.39 Å². The third-order valence-corrected chi connectivity index (χ3v) is 2.45. The second-order valence-corrected chi connectivity index (χ2v) is 3.26. The Morgan fingerprint density at radius 1 is 1.42 bits per heavy atom. The standard InChI is InChI=1S/C11H15F/c1-4-8(2)10-6-5-7-11(12)9(10)3/h5-8H,4H2,1-3H3/t8-/m1/s1. The molecule has 66 valence electrons. The Hall–Kier alpha value is -0.850. The molecule has 0 amide bonds. The lowest BCUT2D eigenvalue weighted by Gasteiger charge is -2.12. The number of halogens is 1. The van der Waals surface area contributed by atoms with Gasteiger partial charge >= 0.3 is 0 Å². The second-order valence-electron chi connectivity index (χ2n) is 3.26. The van der Waals surface area contributed by atoms with Crippen molar-refractivity contribution in [2.45, 2.75) is 33.1 Å². The van der Waals surface area contributed by atoms with Crippen LogP contribution in [0.25, 0.3) is 0 Å². The van der Waals surface area contributed by atoms with Crippen molar-refractivity contribution in [3.8, 4) is 0 Å². The van der Waals surface area contributed by atoms with E-state index in [1.807, 2.05) is 13.0 Å². The minimum absolute atomic E-state index is 0.0900.